The largest absolute Gasteiger partial charge is 0.316 e. The summed E-state index contributed by atoms with van der Waals surface area (Å²) >= 11 is 0. The smallest absolute Gasteiger partial charge is 0.0727 e. The fourth-order valence-corrected chi connectivity index (χ4v) is 1.97. The third-order valence-corrected chi connectivity index (χ3v) is 2.70. The van der Waals surface area contributed by atoms with E-state index in [0.29, 0.717) is 0 Å². The van der Waals surface area contributed by atoms with Crippen LogP contribution in [0.3, 0.4) is 0 Å². The van der Waals surface area contributed by atoms with E-state index in [9.17, 15) is 0 Å². The first kappa shape index (κ1) is 11.8. The quantitative estimate of drug-likeness (QED) is 0.876. The van der Waals surface area contributed by atoms with Crippen LogP contribution in [0.25, 0.3) is 5.69 Å². The highest BCUT2D eigenvalue weighted by atomic mass is 15.3. The van der Waals surface area contributed by atoms with Crippen LogP contribution < -0.4 is 5.32 Å². The van der Waals surface area contributed by atoms with Crippen LogP contribution in [-0.2, 0) is 6.54 Å². The van der Waals surface area contributed by atoms with Crippen LogP contribution in [0.5, 0.6) is 0 Å². The first-order chi connectivity index (χ1) is 8.11. The molecule has 0 unspecified atom stereocenters. The number of nitrogens with zero attached hydrogens (tertiary/aromatic N) is 3. The Balaban J connectivity index is 2.56. The Morgan fingerprint density at radius 3 is 2.53 bits per heavy atom. The Bertz CT molecular complexity index is 528. The van der Waals surface area contributed by atoms with Gasteiger partial charge in [0, 0.05) is 29.7 Å². The van der Waals surface area contributed by atoms with E-state index in [4.69, 9.17) is 0 Å². The highest BCUT2D eigenvalue weighted by molar-refractivity contribution is 5.41. The molecule has 4 nitrogen and oxygen atoms in total. The van der Waals surface area contributed by atoms with Crippen LogP contribution in [0, 0.1) is 20.8 Å². The van der Waals surface area contributed by atoms with Gasteiger partial charge in [0.25, 0.3) is 0 Å². The predicted molar refractivity (Wildman–Crippen MR) is 68.3 cm³/mol. The predicted octanol–water partition coefficient (Wildman–Crippen LogP) is 1.91. The van der Waals surface area contributed by atoms with Crippen molar-refractivity contribution in [2.24, 2.45) is 0 Å². The number of nitrogens with one attached hydrogen (secondary N) is 1. The van der Waals surface area contributed by atoms with E-state index < -0.39 is 0 Å². The van der Waals surface area contributed by atoms with Gasteiger partial charge in [-0.05, 0) is 40.0 Å². The zero-order valence-corrected chi connectivity index (χ0v) is 10.8. The van der Waals surface area contributed by atoms with Crippen molar-refractivity contribution in [1.82, 2.24) is 20.1 Å². The third-order valence-electron chi connectivity index (χ3n) is 2.70. The molecule has 0 aliphatic rings. The Hall–Kier alpha value is -1.68. The number of pyridine rings is 1. The summed E-state index contributed by atoms with van der Waals surface area (Å²) in [6.07, 6.45) is 1.91. The number of aryl methyl sites for hydroxylation is 3. The van der Waals surface area contributed by atoms with E-state index in [0.717, 1.165) is 34.9 Å². The lowest BCUT2D eigenvalue weighted by molar-refractivity contribution is 0.768. The highest BCUT2D eigenvalue weighted by Crippen LogP contribution is 2.17. The number of rotatable bonds is 3. The molecule has 0 saturated heterocycles. The molecular formula is C13H18N4. The van der Waals surface area contributed by atoms with Crippen molar-refractivity contribution < 1.29 is 0 Å². The molecular weight excluding hydrogens is 212 g/mol. The highest BCUT2D eigenvalue weighted by Gasteiger charge is 2.09. The Kier molecular flexibility index (Phi) is 3.24. The van der Waals surface area contributed by atoms with Crippen LogP contribution >= 0.6 is 0 Å². The maximum atomic E-state index is 4.53. The molecule has 0 bridgehead atoms. The van der Waals surface area contributed by atoms with Crippen LogP contribution in [0.1, 0.15) is 22.6 Å². The summed E-state index contributed by atoms with van der Waals surface area (Å²) < 4.78 is 1.98. The molecule has 0 atom stereocenters. The number of hydrogen-bond acceptors (Lipinski definition) is 3. The maximum absolute atomic E-state index is 4.53. The molecule has 0 spiro atoms. The summed E-state index contributed by atoms with van der Waals surface area (Å²) in [5.74, 6) is 0. The molecule has 2 rings (SSSR count). The second kappa shape index (κ2) is 4.67. The van der Waals surface area contributed by atoms with Gasteiger partial charge in [-0.2, -0.15) is 5.10 Å². The van der Waals surface area contributed by atoms with Crippen molar-refractivity contribution in [3.63, 3.8) is 0 Å². The molecule has 2 aromatic rings. The van der Waals surface area contributed by atoms with E-state index in [1.807, 2.05) is 31.8 Å². The van der Waals surface area contributed by atoms with Crippen molar-refractivity contribution in [2.45, 2.75) is 27.3 Å². The molecule has 0 aliphatic carbocycles. The second-order valence-electron chi connectivity index (χ2n) is 4.32. The Morgan fingerprint density at radius 2 is 1.94 bits per heavy atom. The molecule has 0 aromatic carbocycles. The van der Waals surface area contributed by atoms with Crippen LogP contribution in [-0.4, -0.2) is 21.8 Å². The van der Waals surface area contributed by atoms with Gasteiger partial charge in [0.05, 0.1) is 11.4 Å². The fraction of sp³-hybridized carbons (Fsp3) is 0.385. The third kappa shape index (κ3) is 2.36. The van der Waals surface area contributed by atoms with Gasteiger partial charge in [0.2, 0.25) is 0 Å². The summed E-state index contributed by atoms with van der Waals surface area (Å²) in [5, 5.41) is 7.68. The fourth-order valence-electron chi connectivity index (χ4n) is 1.97. The van der Waals surface area contributed by atoms with E-state index >= 15 is 0 Å². The van der Waals surface area contributed by atoms with Crippen molar-refractivity contribution in [1.29, 1.82) is 0 Å². The van der Waals surface area contributed by atoms with E-state index in [1.165, 1.54) is 0 Å². The van der Waals surface area contributed by atoms with Crippen molar-refractivity contribution in [3.8, 4) is 5.69 Å². The van der Waals surface area contributed by atoms with Crippen LogP contribution in [0.15, 0.2) is 18.3 Å². The van der Waals surface area contributed by atoms with Gasteiger partial charge in [0.15, 0.2) is 0 Å². The van der Waals surface area contributed by atoms with Gasteiger partial charge in [-0.25, -0.2) is 4.68 Å². The lowest BCUT2D eigenvalue weighted by atomic mass is 10.2. The molecule has 2 heterocycles. The van der Waals surface area contributed by atoms with E-state index in [1.54, 1.807) is 0 Å². The van der Waals surface area contributed by atoms with Gasteiger partial charge in [0.1, 0.15) is 0 Å². The van der Waals surface area contributed by atoms with E-state index in [-0.39, 0.29) is 0 Å². The Labute approximate surface area is 102 Å². The van der Waals surface area contributed by atoms with Gasteiger partial charge in [-0.1, -0.05) is 0 Å². The van der Waals surface area contributed by atoms with Gasteiger partial charge in [-0.15, -0.1) is 0 Å². The summed E-state index contributed by atoms with van der Waals surface area (Å²) in [6.45, 7) is 6.87. The van der Waals surface area contributed by atoms with Crippen molar-refractivity contribution in [3.05, 3.63) is 41.0 Å². The minimum absolute atomic E-state index is 0.793. The average Bonchev–Trinajstić information content (AvgIpc) is 2.61. The molecule has 2 aromatic heterocycles. The van der Waals surface area contributed by atoms with Crippen molar-refractivity contribution >= 4 is 0 Å². The van der Waals surface area contributed by atoms with E-state index in [2.05, 4.69) is 34.5 Å². The first-order valence-corrected chi connectivity index (χ1v) is 5.75. The van der Waals surface area contributed by atoms with Crippen LogP contribution in [0.2, 0.25) is 0 Å². The molecule has 17 heavy (non-hydrogen) atoms. The molecule has 0 aliphatic heterocycles. The standard InChI is InChI=1S/C13H18N4/c1-9-6-13(12(7-14-4)8-15-9)17-11(3)5-10(2)16-17/h5-6,8,14H,7H2,1-4H3. The normalized spacial score (nSPS) is 10.8. The van der Waals surface area contributed by atoms with Gasteiger partial charge >= 0.3 is 0 Å². The lowest BCUT2D eigenvalue weighted by Gasteiger charge is -2.11. The molecule has 0 fully saturated rings. The summed E-state index contributed by atoms with van der Waals surface area (Å²) in [6, 6.07) is 4.16. The minimum atomic E-state index is 0.793. The maximum Gasteiger partial charge on any atom is 0.0727 e. The number of aromatic nitrogens is 3. The SMILES string of the molecule is CNCc1cnc(C)cc1-n1nc(C)cc1C. The monoisotopic (exact) mass is 230 g/mol. The Morgan fingerprint density at radius 1 is 1.18 bits per heavy atom. The summed E-state index contributed by atoms with van der Waals surface area (Å²) in [4.78, 5) is 4.34. The molecule has 1 N–H and O–H groups in total. The molecule has 0 radical (unpaired) electrons. The van der Waals surface area contributed by atoms with Crippen molar-refractivity contribution in [2.75, 3.05) is 7.05 Å². The zero-order chi connectivity index (χ0) is 12.4. The zero-order valence-electron chi connectivity index (χ0n) is 10.8. The summed E-state index contributed by atoms with van der Waals surface area (Å²) in [7, 11) is 1.94. The lowest BCUT2D eigenvalue weighted by Crippen LogP contribution is -2.11. The van der Waals surface area contributed by atoms with Crippen LogP contribution in [0.4, 0.5) is 0 Å². The molecule has 4 heteroatoms. The average molecular weight is 230 g/mol. The molecule has 0 amide bonds. The van der Waals surface area contributed by atoms with Gasteiger partial charge < -0.3 is 5.32 Å². The number of hydrogen-bond donors (Lipinski definition) is 1. The topological polar surface area (TPSA) is 42.7 Å². The first-order valence-electron chi connectivity index (χ1n) is 5.75. The molecule has 0 saturated carbocycles. The molecule has 90 valence electrons. The van der Waals surface area contributed by atoms with Gasteiger partial charge in [-0.3, -0.25) is 4.98 Å². The second-order valence-corrected chi connectivity index (χ2v) is 4.32. The summed E-state index contributed by atoms with van der Waals surface area (Å²) in [5.41, 5.74) is 5.45. The minimum Gasteiger partial charge on any atom is -0.316 e.